The van der Waals surface area contributed by atoms with Crippen LogP contribution in [0.2, 0.25) is 0 Å². The first-order valence-corrected chi connectivity index (χ1v) is 5.83. The first-order valence-electron chi connectivity index (χ1n) is 3.87. The van der Waals surface area contributed by atoms with E-state index in [4.69, 9.17) is 0 Å². The van der Waals surface area contributed by atoms with Crippen LogP contribution in [0.25, 0.3) is 0 Å². The molecular weight excluding hydrogens is 166 g/mol. The van der Waals surface area contributed by atoms with Gasteiger partial charge in [0, 0.05) is 6.66 Å². The molecule has 0 aromatic carbocycles. The predicted octanol–water partition coefficient (Wildman–Crippen LogP) is 3.23. The van der Waals surface area contributed by atoms with Gasteiger partial charge in [-0.15, -0.1) is 0 Å². The van der Waals surface area contributed by atoms with Gasteiger partial charge in [0.2, 0.25) is 0 Å². The molecule has 0 bridgehead atoms. The molecule has 0 saturated carbocycles. The van der Waals surface area contributed by atoms with E-state index >= 15 is 0 Å². The molecule has 2 atom stereocenters. The molecule has 0 spiro atoms. The van der Waals surface area contributed by atoms with Crippen LogP contribution in [0, 0.1) is 5.92 Å². The lowest BCUT2D eigenvalue weighted by Crippen LogP contribution is -2.02. The zero-order valence-corrected chi connectivity index (χ0v) is 8.23. The van der Waals surface area contributed by atoms with Crippen LogP contribution in [0.1, 0.15) is 26.7 Å². The Hall–Kier alpha value is 0.120. The molecule has 0 aliphatic carbocycles. The van der Waals surface area contributed by atoms with Crippen molar-refractivity contribution < 1.29 is 13.3 Å². The van der Waals surface area contributed by atoms with E-state index in [-0.39, 0.29) is 6.61 Å². The number of rotatable bonds is 5. The molecule has 0 aliphatic heterocycles. The minimum atomic E-state index is -3.74. The highest BCUT2D eigenvalue weighted by molar-refractivity contribution is 7.52. The fraction of sp³-hybridized carbons (Fsp3) is 1.00. The third-order valence-corrected chi connectivity index (χ3v) is 1.98. The summed E-state index contributed by atoms with van der Waals surface area (Å²) >= 11 is 0. The summed E-state index contributed by atoms with van der Waals surface area (Å²) < 4.78 is 27.3. The quantitative estimate of drug-likeness (QED) is 0.610. The maximum atomic E-state index is 12.3. The van der Waals surface area contributed by atoms with Crippen molar-refractivity contribution in [3.05, 3.63) is 0 Å². The normalized spacial score (nSPS) is 19.3. The summed E-state index contributed by atoms with van der Waals surface area (Å²) in [5.41, 5.74) is 0. The second kappa shape index (κ2) is 4.89. The monoisotopic (exact) mass is 182 g/mol. The van der Waals surface area contributed by atoms with E-state index in [1.807, 2.05) is 6.92 Å². The zero-order chi connectivity index (χ0) is 8.91. The smallest absolute Gasteiger partial charge is 0.305 e. The van der Waals surface area contributed by atoms with E-state index in [1.165, 1.54) is 0 Å². The Kier molecular flexibility index (Phi) is 4.94. The third kappa shape index (κ3) is 8.02. The number of hydrogen-bond donors (Lipinski definition) is 0. The highest BCUT2D eigenvalue weighted by Gasteiger charge is 2.14. The summed E-state index contributed by atoms with van der Waals surface area (Å²) in [5, 5.41) is 0. The van der Waals surface area contributed by atoms with E-state index in [0.29, 0.717) is 5.92 Å². The van der Waals surface area contributed by atoms with Crippen LogP contribution in [0.15, 0.2) is 0 Å². The van der Waals surface area contributed by atoms with Crippen LogP contribution in [0.3, 0.4) is 0 Å². The van der Waals surface area contributed by atoms with Crippen LogP contribution in [0.4, 0.5) is 4.20 Å². The molecule has 0 saturated heterocycles. The maximum absolute atomic E-state index is 12.3. The van der Waals surface area contributed by atoms with E-state index in [9.17, 15) is 8.76 Å². The Morgan fingerprint density at radius 3 is 2.55 bits per heavy atom. The molecule has 0 aliphatic rings. The molecule has 0 rings (SSSR count). The molecule has 2 unspecified atom stereocenters. The molecule has 0 aromatic rings. The SMILES string of the molecule is CCCC(C)COP(C)(=O)F. The fourth-order valence-electron chi connectivity index (χ4n) is 0.837. The molecule has 0 heterocycles. The van der Waals surface area contributed by atoms with Crippen molar-refractivity contribution in [1.82, 2.24) is 0 Å². The van der Waals surface area contributed by atoms with Gasteiger partial charge < -0.3 is 4.52 Å². The highest BCUT2D eigenvalue weighted by atomic mass is 31.2. The molecule has 11 heavy (non-hydrogen) atoms. The second-order valence-electron chi connectivity index (χ2n) is 2.94. The van der Waals surface area contributed by atoms with Crippen molar-refractivity contribution >= 4 is 7.68 Å². The molecule has 0 radical (unpaired) electrons. The van der Waals surface area contributed by atoms with Gasteiger partial charge in [-0.25, -0.2) is 0 Å². The van der Waals surface area contributed by atoms with Crippen LogP contribution in [-0.4, -0.2) is 13.3 Å². The van der Waals surface area contributed by atoms with Gasteiger partial charge in [-0.05, 0) is 12.3 Å². The molecule has 0 amide bonds. The standard InChI is InChI=1S/C7H16FO2P/c1-4-5-7(2)6-10-11(3,8)9/h7H,4-6H2,1-3H3. The van der Waals surface area contributed by atoms with Crippen molar-refractivity contribution in [2.75, 3.05) is 13.3 Å². The number of hydrogen-bond acceptors (Lipinski definition) is 2. The summed E-state index contributed by atoms with van der Waals surface area (Å²) in [5.74, 6) is 0.295. The minimum Gasteiger partial charge on any atom is -0.305 e. The van der Waals surface area contributed by atoms with Crippen LogP contribution in [-0.2, 0) is 9.09 Å². The lowest BCUT2D eigenvalue weighted by Gasteiger charge is -2.10. The molecular formula is C7H16FO2P. The van der Waals surface area contributed by atoms with Gasteiger partial charge in [0.25, 0.3) is 0 Å². The summed E-state index contributed by atoms with van der Waals surface area (Å²) in [6.07, 6.45) is 2.03. The van der Waals surface area contributed by atoms with Crippen molar-refractivity contribution in [3.63, 3.8) is 0 Å². The van der Waals surface area contributed by atoms with E-state index < -0.39 is 7.68 Å². The molecule has 4 heteroatoms. The highest BCUT2D eigenvalue weighted by Crippen LogP contribution is 2.44. The Balaban J connectivity index is 3.46. The van der Waals surface area contributed by atoms with E-state index in [0.717, 1.165) is 19.5 Å². The molecule has 0 aromatic heterocycles. The second-order valence-corrected chi connectivity index (χ2v) is 4.69. The van der Waals surface area contributed by atoms with Crippen molar-refractivity contribution in [2.24, 2.45) is 5.92 Å². The van der Waals surface area contributed by atoms with Gasteiger partial charge in [-0.3, -0.25) is 4.57 Å². The van der Waals surface area contributed by atoms with Crippen molar-refractivity contribution in [2.45, 2.75) is 26.7 Å². The van der Waals surface area contributed by atoms with Crippen molar-refractivity contribution in [1.29, 1.82) is 0 Å². The van der Waals surface area contributed by atoms with Gasteiger partial charge in [-0.2, -0.15) is 4.20 Å². The largest absolute Gasteiger partial charge is 0.364 e. The third-order valence-electron chi connectivity index (χ3n) is 1.37. The molecule has 68 valence electrons. The lowest BCUT2D eigenvalue weighted by atomic mass is 10.1. The van der Waals surface area contributed by atoms with Gasteiger partial charge in [0.15, 0.2) is 0 Å². The Labute approximate surface area is 67.7 Å². The topological polar surface area (TPSA) is 26.3 Å². The van der Waals surface area contributed by atoms with Crippen LogP contribution < -0.4 is 0 Å². The average molecular weight is 182 g/mol. The van der Waals surface area contributed by atoms with Gasteiger partial charge >= 0.3 is 7.68 Å². The van der Waals surface area contributed by atoms with Gasteiger partial charge in [-0.1, -0.05) is 20.3 Å². The molecule has 2 nitrogen and oxygen atoms in total. The van der Waals surface area contributed by atoms with E-state index in [1.54, 1.807) is 0 Å². The summed E-state index contributed by atoms with van der Waals surface area (Å²) in [6, 6.07) is 0. The molecule has 0 fully saturated rings. The van der Waals surface area contributed by atoms with Crippen LogP contribution in [0.5, 0.6) is 0 Å². The first kappa shape index (κ1) is 11.1. The average Bonchev–Trinajstić information content (AvgIpc) is 1.83. The maximum Gasteiger partial charge on any atom is 0.364 e. The summed E-state index contributed by atoms with van der Waals surface area (Å²) in [7, 11) is -3.74. The predicted molar refractivity (Wildman–Crippen MR) is 44.7 cm³/mol. The van der Waals surface area contributed by atoms with Crippen molar-refractivity contribution in [3.8, 4) is 0 Å². The summed E-state index contributed by atoms with van der Waals surface area (Å²) in [4.78, 5) is 0. The lowest BCUT2D eigenvalue weighted by molar-refractivity contribution is 0.237. The first-order chi connectivity index (χ1) is 4.95. The number of halogens is 1. The Morgan fingerprint density at radius 1 is 1.64 bits per heavy atom. The summed E-state index contributed by atoms with van der Waals surface area (Å²) in [6.45, 7) is 5.26. The molecule has 0 N–H and O–H groups in total. The Bertz CT molecular complexity index is 143. The fourth-order valence-corrected chi connectivity index (χ4v) is 1.36. The Morgan fingerprint density at radius 2 is 2.18 bits per heavy atom. The zero-order valence-electron chi connectivity index (χ0n) is 7.34. The van der Waals surface area contributed by atoms with Crippen LogP contribution >= 0.6 is 7.68 Å². The van der Waals surface area contributed by atoms with Gasteiger partial charge in [0.05, 0.1) is 6.61 Å². The minimum absolute atomic E-state index is 0.262. The van der Waals surface area contributed by atoms with Gasteiger partial charge in [0.1, 0.15) is 0 Å². The van der Waals surface area contributed by atoms with E-state index in [2.05, 4.69) is 11.4 Å².